The summed E-state index contributed by atoms with van der Waals surface area (Å²) in [4.78, 5) is 21.9. The van der Waals surface area contributed by atoms with Gasteiger partial charge >= 0.3 is 6.18 Å². The average molecular weight is 389 g/mol. The maximum Gasteiger partial charge on any atom is 0.426 e. The molecule has 0 spiro atoms. The maximum absolute atomic E-state index is 12.6. The zero-order valence-electron chi connectivity index (χ0n) is 12.2. The molecule has 1 rings (SSSR count). The molecule has 0 heterocycles. The molecule has 12 heteroatoms. The highest BCUT2D eigenvalue weighted by molar-refractivity contribution is 7.90. The largest absolute Gasteiger partial charge is 0.426 e. The molecule has 24 heavy (non-hydrogen) atoms. The molecule has 134 valence electrons. The van der Waals surface area contributed by atoms with Crippen LogP contribution in [-0.2, 0) is 19.6 Å². The molecular weight excluding hydrogens is 377 g/mol. The quantitative estimate of drug-likeness (QED) is 0.722. The third kappa shape index (κ3) is 4.36. The van der Waals surface area contributed by atoms with E-state index < -0.39 is 43.5 Å². The van der Waals surface area contributed by atoms with Crippen LogP contribution in [0.15, 0.2) is 23.1 Å². The van der Waals surface area contributed by atoms with E-state index in [1.807, 2.05) is 0 Å². The lowest BCUT2D eigenvalue weighted by Gasteiger charge is -2.25. The smallest absolute Gasteiger partial charge is 0.373 e. The van der Waals surface area contributed by atoms with Crippen LogP contribution in [0.1, 0.15) is 13.8 Å². The minimum Gasteiger partial charge on any atom is -0.373 e. The Morgan fingerprint density at radius 1 is 1.25 bits per heavy atom. The predicted octanol–water partition coefficient (Wildman–Crippen LogP) is 1.42. The first kappa shape index (κ1) is 20.2. The number of carbonyl (C=O) groups excluding carboxylic acids is 2. The molecular formula is C12H12ClF3N2O5S. The number of rotatable bonds is 4. The SMILES string of the molecule is CC(=O)NS(=O)(=O)c1ccc(NC(=O)C(C)(O)C(F)(F)F)c(Cl)c1. The molecule has 0 saturated carbocycles. The number of amides is 2. The van der Waals surface area contributed by atoms with Gasteiger partial charge in [-0.2, -0.15) is 13.2 Å². The van der Waals surface area contributed by atoms with Crippen LogP contribution in [0.5, 0.6) is 0 Å². The molecule has 0 aliphatic carbocycles. The molecule has 1 unspecified atom stereocenters. The van der Waals surface area contributed by atoms with E-state index in [4.69, 9.17) is 11.6 Å². The molecule has 0 aliphatic heterocycles. The van der Waals surface area contributed by atoms with Gasteiger partial charge in [0.05, 0.1) is 15.6 Å². The van der Waals surface area contributed by atoms with Crippen molar-refractivity contribution < 1.29 is 36.3 Å². The van der Waals surface area contributed by atoms with Gasteiger partial charge in [-0.15, -0.1) is 0 Å². The van der Waals surface area contributed by atoms with Gasteiger partial charge < -0.3 is 10.4 Å². The monoisotopic (exact) mass is 388 g/mol. The van der Waals surface area contributed by atoms with Crippen LogP contribution >= 0.6 is 11.6 Å². The average Bonchev–Trinajstić information content (AvgIpc) is 2.37. The van der Waals surface area contributed by atoms with Crippen molar-refractivity contribution in [1.82, 2.24) is 4.72 Å². The minimum atomic E-state index is -5.22. The van der Waals surface area contributed by atoms with Gasteiger partial charge in [-0.25, -0.2) is 13.1 Å². The van der Waals surface area contributed by atoms with E-state index in [2.05, 4.69) is 0 Å². The molecule has 0 aromatic heterocycles. The Kier molecular flexibility index (Phi) is 5.53. The molecule has 1 aromatic carbocycles. The van der Waals surface area contributed by atoms with E-state index in [-0.39, 0.29) is 12.6 Å². The normalized spacial score (nSPS) is 14.6. The van der Waals surface area contributed by atoms with Crippen LogP contribution in [0.2, 0.25) is 5.02 Å². The summed E-state index contributed by atoms with van der Waals surface area (Å²) in [6.07, 6.45) is -5.22. The number of aliphatic hydroxyl groups is 1. The van der Waals surface area contributed by atoms with Gasteiger partial charge in [-0.05, 0) is 25.1 Å². The molecule has 0 saturated heterocycles. The third-order valence-corrected chi connectivity index (χ3v) is 4.51. The van der Waals surface area contributed by atoms with Crippen LogP contribution in [0, 0.1) is 0 Å². The van der Waals surface area contributed by atoms with E-state index >= 15 is 0 Å². The number of nitrogens with one attached hydrogen (secondary N) is 2. The molecule has 3 N–H and O–H groups in total. The standard InChI is InChI=1S/C12H12ClF3N2O5S/c1-6(19)18-24(22,23)7-3-4-9(8(13)5-7)17-10(20)11(2,21)12(14,15)16/h3-5,21H,1-2H3,(H,17,20)(H,18,19). The van der Waals surface area contributed by atoms with Crippen LogP contribution in [0.3, 0.4) is 0 Å². The lowest BCUT2D eigenvalue weighted by molar-refractivity contribution is -0.242. The zero-order chi connectivity index (χ0) is 18.9. The second-order valence-corrected chi connectivity index (χ2v) is 6.92. The van der Waals surface area contributed by atoms with Gasteiger partial charge in [-0.3, -0.25) is 9.59 Å². The predicted molar refractivity (Wildman–Crippen MR) is 77.8 cm³/mol. The van der Waals surface area contributed by atoms with Gasteiger partial charge in [0.1, 0.15) is 0 Å². The summed E-state index contributed by atoms with van der Waals surface area (Å²) in [6, 6.07) is 2.65. The summed E-state index contributed by atoms with van der Waals surface area (Å²) in [5.74, 6) is -2.65. The fourth-order valence-electron chi connectivity index (χ4n) is 1.39. The first-order chi connectivity index (χ1) is 10.7. The van der Waals surface area contributed by atoms with Gasteiger partial charge in [0.2, 0.25) is 11.5 Å². The molecule has 0 aliphatic rings. The van der Waals surface area contributed by atoms with Crippen molar-refractivity contribution in [2.24, 2.45) is 0 Å². The van der Waals surface area contributed by atoms with Crippen molar-refractivity contribution >= 4 is 39.1 Å². The number of alkyl halides is 3. The van der Waals surface area contributed by atoms with Crippen molar-refractivity contribution in [3.63, 3.8) is 0 Å². The number of anilines is 1. The lowest BCUT2D eigenvalue weighted by Crippen LogP contribution is -2.52. The Balaban J connectivity index is 3.10. The summed E-state index contributed by atoms with van der Waals surface area (Å²) in [6.45, 7) is 1.22. The van der Waals surface area contributed by atoms with Crippen molar-refractivity contribution in [1.29, 1.82) is 0 Å². The number of halogens is 4. The van der Waals surface area contributed by atoms with Gasteiger partial charge in [0.15, 0.2) is 0 Å². The molecule has 0 fully saturated rings. The van der Waals surface area contributed by atoms with Crippen molar-refractivity contribution in [3.8, 4) is 0 Å². The van der Waals surface area contributed by atoms with E-state index in [9.17, 15) is 36.3 Å². The first-order valence-corrected chi connectivity index (χ1v) is 7.98. The first-order valence-electron chi connectivity index (χ1n) is 6.12. The Morgan fingerprint density at radius 2 is 1.79 bits per heavy atom. The molecule has 2 amide bonds. The second-order valence-electron chi connectivity index (χ2n) is 4.83. The third-order valence-electron chi connectivity index (χ3n) is 2.77. The van der Waals surface area contributed by atoms with E-state index in [0.717, 1.165) is 25.1 Å². The summed E-state index contributed by atoms with van der Waals surface area (Å²) in [5, 5.41) is 10.6. The summed E-state index contributed by atoms with van der Waals surface area (Å²) < 4.78 is 62.9. The summed E-state index contributed by atoms with van der Waals surface area (Å²) >= 11 is 5.73. The van der Waals surface area contributed by atoms with E-state index in [1.54, 1.807) is 10.0 Å². The van der Waals surface area contributed by atoms with Crippen molar-refractivity contribution in [2.75, 3.05) is 5.32 Å². The van der Waals surface area contributed by atoms with Crippen molar-refractivity contribution in [2.45, 2.75) is 30.5 Å². The number of hydrogen-bond acceptors (Lipinski definition) is 5. The van der Waals surface area contributed by atoms with Crippen LogP contribution in [0.4, 0.5) is 18.9 Å². The van der Waals surface area contributed by atoms with E-state index in [0.29, 0.717) is 0 Å². The molecule has 7 nitrogen and oxygen atoms in total. The fourth-order valence-corrected chi connectivity index (χ4v) is 2.69. The minimum absolute atomic E-state index is 0.256. The van der Waals surface area contributed by atoms with E-state index in [1.165, 1.54) is 0 Å². The summed E-state index contributed by atoms with van der Waals surface area (Å²) in [5.41, 5.74) is -4.02. The van der Waals surface area contributed by atoms with Gasteiger partial charge in [0, 0.05) is 6.92 Å². The second kappa shape index (κ2) is 6.57. The highest BCUT2D eigenvalue weighted by atomic mass is 35.5. The molecule has 0 radical (unpaired) electrons. The Bertz CT molecular complexity index is 777. The zero-order valence-corrected chi connectivity index (χ0v) is 13.8. The number of hydrogen-bond donors (Lipinski definition) is 3. The van der Waals surface area contributed by atoms with Crippen LogP contribution in [-0.4, -0.2) is 37.1 Å². The summed E-state index contributed by atoms with van der Waals surface area (Å²) in [7, 11) is -4.20. The van der Waals surface area contributed by atoms with Gasteiger partial charge in [0.25, 0.3) is 15.9 Å². The molecule has 1 aromatic rings. The maximum atomic E-state index is 12.6. The number of sulfonamides is 1. The fraction of sp³-hybridized carbons (Fsp3) is 0.333. The molecule has 1 atom stereocenters. The van der Waals surface area contributed by atoms with Gasteiger partial charge in [-0.1, -0.05) is 11.6 Å². The van der Waals surface area contributed by atoms with Crippen LogP contribution < -0.4 is 10.0 Å². The Morgan fingerprint density at radius 3 is 2.21 bits per heavy atom. The molecule has 0 bridgehead atoms. The Hall–Kier alpha value is -1.85. The van der Waals surface area contributed by atoms with Crippen LogP contribution in [0.25, 0.3) is 0 Å². The lowest BCUT2D eigenvalue weighted by atomic mass is 10.1. The Labute approximate surface area is 139 Å². The number of benzene rings is 1. The highest BCUT2D eigenvalue weighted by Crippen LogP contribution is 2.32. The topological polar surface area (TPSA) is 113 Å². The number of carbonyl (C=O) groups is 2. The highest BCUT2D eigenvalue weighted by Gasteiger charge is 2.55. The van der Waals surface area contributed by atoms with Crippen molar-refractivity contribution in [3.05, 3.63) is 23.2 Å².